The lowest BCUT2D eigenvalue weighted by atomic mass is 10.2. The van der Waals surface area contributed by atoms with Crippen LogP contribution in [-0.2, 0) is 20.0 Å². The topological polar surface area (TPSA) is 99.7 Å². The maximum absolute atomic E-state index is 12.9. The van der Waals surface area contributed by atoms with Gasteiger partial charge in [-0.05, 0) is 37.6 Å². The van der Waals surface area contributed by atoms with Gasteiger partial charge < -0.3 is 4.90 Å². The Labute approximate surface area is 189 Å². The van der Waals surface area contributed by atoms with Gasteiger partial charge in [0.25, 0.3) is 0 Å². The summed E-state index contributed by atoms with van der Waals surface area (Å²) in [6.45, 7) is 5.28. The van der Waals surface area contributed by atoms with Crippen molar-refractivity contribution in [3.63, 3.8) is 0 Å². The molecule has 1 saturated heterocycles. The second-order valence-corrected chi connectivity index (χ2v) is 11.5. The number of aromatic nitrogens is 1. The standard InChI is InChI=1S/C20H27ClN4O4S2/c1-3-6-16(2)23-30(26,27)17-9-10-20(22-15-17)24-11-13-25(14-12-24)31(28,29)19-8-5-4-7-18(19)21/h4-5,7-10,15-16,23H,3,6,11-14H2,1-2H3. The van der Waals surface area contributed by atoms with E-state index in [9.17, 15) is 16.8 Å². The van der Waals surface area contributed by atoms with E-state index in [0.717, 1.165) is 12.8 Å². The predicted octanol–water partition coefficient (Wildman–Crippen LogP) is 2.71. The molecule has 1 aromatic carbocycles. The van der Waals surface area contributed by atoms with Gasteiger partial charge in [-0.3, -0.25) is 0 Å². The molecule has 2 aromatic rings. The number of hydrogen-bond donors (Lipinski definition) is 1. The molecule has 1 aliphatic rings. The molecule has 0 aliphatic carbocycles. The molecule has 0 amide bonds. The fraction of sp³-hybridized carbons (Fsp3) is 0.450. The number of pyridine rings is 1. The van der Waals surface area contributed by atoms with E-state index in [2.05, 4.69) is 9.71 Å². The van der Waals surface area contributed by atoms with Crippen LogP contribution < -0.4 is 9.62 Å². The van der Waals surface area contributed by atoms with Gasteiger partial charge in [-0.25, -0.2) is 26.5 Å². The number of nitrogens with one attached hydrogen (secondary N) is 1. The summed E-state index contributed by atoms with van der Waals surface area (Å²) in [5.41, 5.74) is 0. The molecule has 0 saturated carbocycles. The fourth-order valence-electron chi connectivity index (χ4n) is 3.49. The van der Waals surface area contributed by atoms with Gasteiger partial charge >= 0.3 is 0 Å². The molecule has 1 aliphatic heterocycles. The number of halogens is 1. The van der Waals surface area contributed by atoms with Crippen LogP contribution in [0.4, 0.5) is 5.82 Å². The number of benzene rings is 1. The first-order valence-electron chi connectivity index (χ1n) is 10.1. The zero-order valence-electron chi connectivity index (χ0n) is 17.5. The Morgan fingerprint density at radius 3 is 2.32 bits per heavy atom. The highest BCUT2D eigenvalue weighted by atomic mass is 35.5. The number of anilines is 1. The molecular weight excluding hydrogens is 460 g/mol. The third-order valence-electron chi connectivity index (χ3n) is 5.13. The second kappa shape index (κ2) is 9.83. The van der Waals surface area contributed by atoms with Crippen LogP contribution in [0, 0.1) is 0 Å². The Morgan fingerprint density at radius 1 is 1.06 bits per heavy atom. The van der Waals surface area contributed by atoms with Gasteiger partial charge in [0.05, 0.1) is 5.02 Å². The van der Waals surface area contributed by atoms with E-state index in [4.69, 9.17) is 11.6 Å². The monoisotopic (exact) mass is 486 g/mol. The quantitative estimate of drug-likeness (QED) is 0.615. The SMILES string of the molecule is CCCC(C)NS(=O)(=O)c1ccc(N2CCN(S(=O)(=O)c3ccccc3Cl)CC2)nc1. The number of sulfonamides is 2. The summed E-state index contributed by atoms with van der Waals surface area (Å²) < 4.78 is 54.7. The zero-order chi connectivity index (χ0) is 22.6. The molecule has 170 valence electrons. The van der Waals surface area contributed by atoms with Gasteiger partial charge in [-0.1, -0.05) is 37.1 Å². The van der Waals surface area contributed by atoms with Crippen molar-refractivity contribution in [2.45, 2.75) is 42.5 Å². The number of hydrogen-bond acceptors (Lipinski definition) is 6. The lowest BCUT2D eigenvalue weighted by Gasteiger charge is -2.34. The highest BCUT2D eigenvalue weighted by molar-refractivity contribution is 7.89. The Kier molecular flexibility index (Phi) is 7.59. The lowest BCUT2D eigenvalue weighted by molar-refractivity contribution is 0.384. The van der Waals surface area contributed by atoms with Gasteiger partial charge in [0.15, 0.2) is 0 Å². The predicted molar refractivity (Wildman–Crippen MR) is 121 cm³/mol. The normalized spacial score (nSPS) is 16.9. The second-order valence-electron chi connectivity index (χ2n) is 7.48. The fourth-order valence-corrected chi connectivity index (χ4v) is 6.63. The average molecular weight is 487 g/mol. The first-order valence-corrected chi connectivity index (χ1v) is 13.4. The summed E-state index contributed by atoms with van der Waals surface area (Å²) in [4.78, 5) is 6.44. The van der Waals surface area contributed by atoms with Crippen LogP contribution in [0.25, 0.3) is 0 Å². The van der Waals surface area contributed by atoms with Gasteiger partial charge in [0, 0.05) is 38.4 Å². The van der Waals surface area contributed by atoms with Crippen molar-refractivity contribution in [2.24, 2.45) is 0 Å². The summed E-state index contributed by atoms with van der Waals surface area (Å²) in [6.07, 6.45) is 2.98. The van der Waals surface area contributed by atoms with Crippen LogP contribution in [-0.4, -0.2) is 58.3 Å². The Balaban J connectivity index is 1.66. The van der Waals surface area contributed by atoms with Crippen molar-refractivity contribution in [3.8, 4) is 0 Å². The van der Waals surface area contributed by atoms with Crippen molar-refractivity contribution < 1.29 is 16.8 Å². The van der Waals surface area contributed by atoms with Crippen LogP contribution in [0.2, 0.25) is 5.02 Å². The summed E-state index contributed by atoms with van der Waals surface area (Å²) in [5, 5.41) is 0.199. The Bertz CT molecular complexity index is 1100. The van der Waals surface area contributed by atoms with Crippen molar-refractivity contribution in [1.29, 1.82) is 0 Å². The van der Waals surface area contributed by atoms with Gasteiger partial charge in [-0.2, -0.15) is 4.31 Å². The maximum Gasteiger partial charge on any atom is 0.244 e. The van der Waals surface area contributed by atoms with Gasteiger partial charge in [0.1, 0.15) is 15.6 Å². The molecule has 0 radical (unpaired) electrons. The van der Waals surface area contributed by atoms with E-state index >= 15 is 0 Å². The minimum atomic E-state index is -3.67. The average Bonchev–Trinajstić information content (AvgIpc) is 2.74. The van der Waals surface area contributed by atoms with Gasteiger partial charge in [-0.15, -0.1) is 0 Å². The smallest absolute Gasteiger partial charge is 0.244 e. The Hall–Kier alpha value is -1.72. The van der Waals surface area contributed by atoms with Crippen LogP contribution in [0.5, 0.6) is 0 Å². The molecule has 0 spiro atoms. The van der Waals surface area contributed by atoms with Crippen molar-refractivity contribution in [1.82, 2.24) is 14.0 Å². The lowest BCUT2D eigenvalue weighted by Crippen LogP contribution is -2.49. The van der Waals surface area contributed by atoms with E-state index in [1.807, 2.05) is 18.7 Å². The summed E-state index contributed by atoms with van der Waals surface area (Å²) in [5.74, 6) is 0.607. The van der Waals surface area contributed by atoms with Crippen LogP contribution in [0.15, 0.2) is 52.4 Å². The molecule has 1 atom stereocenters. The molecule has 8 nitrogen and oxygen atoms in total. The van der Waals surface area contributed by atoms with Crippen molar-refractivity contribution >= 4 is 37.5 Å². The third-order valence-corrected chi connectivity index (χ3v) is 9.10. The third kappa shape index (κ3) is 5.56. The van der Waals surface area contributed by atoms with Crippen LogP contribution >= 0.6 is 11.6 Å². The summed E-state index contributed by atoms with van der Waals surface area (Å²) in [6, 6.07) is 9.42. The molecule has 0 bridgehead atoms. The first kappa shape index (κ1) is 23.9. The number of nitrogens with zero attached hydrogens (tertiary/aromatic N) is 3. The molecule has 1 unspecified atom stereocenters. The number of piperazine rings is 1. The van der Waals surface area contributed by atoms with Crippen molar-refractivity contribution in [2.75, 3.05) is 31.1 Å². The highest BCUT2D eigenvalue weighted by Crippen LogP contribution is 2.26. The molecule has 31 heavy (non-hydrogen) atoms. The highest BCUT2D eigenvalue weighted by Gasteiger charge is 2.30. The van der Waals surface area contributed by atoms with Gasteiger partial charge in [0.2, 0.25) is 20.0 Å². The molecule has 1 aromatic heterocycles. The van der Waals surface area contributed by atoms with E-state index < -0.39 is 20.0 Å². The molecule has 3 rings (SSSR count). The first-order chi connectivity index (χ1) is 14.6. The van der Waals surface area contributed by atoms with E-state index in [1.54, 1.807) is 24.3 Å². The number of rotatable bonds is 8. The van der Waals surface area contributed by atoms with Crippen LogP contribution in [0.1, 0.15) is 26.7 Å². The molecule has 1 fully saturated rings. The van der Waals surface area contributed by atoms with Crippen LogP contribution in [0.3, 0.4) is 0 Å². The summed E-state index contributed by atoms with van der Waals surface area (Å²) >= 11 is 6.07. The minimum absolute atomic E-state index is 0.0996. The van der Waals surface area contributed by atoms with E-state index in [1.165, 1.54) is 22.6 Å². The zero-order valence-corrected chi connectivity index (χ0v) is 19.9. The molecular formula is C20H27ClN4O4S2. The molecule has 2 heterocycles. The Morgan fingerprint density at radius 2 is 1.74 bits per heavy atom. The summed E-state index contributed by atoms with van der Waals surface area (Å²) in [7, 11) is -7.30. The van der Waals surface area contributed by atoms with E-state index in [0.29, 0.717) is 18.9 Å². The molecule has 11 heteroatoms. The van der Waals surface area contributed by atoms with Crippen molar-refractivity contribution in [3.05, 3.63) is 47.6 Å². The minimum Gasteiger partial charge on any atom is -0.354 e. The maximum atomic E-state index is 12.9. The van der Waals surface area contributed by atoms with E-state index in [-0.39, 0.29) is 33.9 Å². The largest absolute Gasteiger partial charge is 0.354 e. The molecule has 1 N–H and O–H groups in total.